The van der Waals surface area contributed by atoms with Gasteiger partial charge in [0.05, 0.1) is 22.8 Å². The number of fused-ring (bicyclic) bond motifs is 1. The van der Waals surface area contributed by atoms with Crippen molar-refractivity contribution in [2.24, 2.45) is 0 Å². The molecule has 14 heteroatoms. The minimum atomic E-state index is -0.596. The molecular weight excluding hydrogens is 495 g/mol. The largest absolute Gasteiger partial charge is 0.492 e. The molecule has 0 saturated carbocycles. The number of nitrogens with zero attached hydrogens (tertiary/aromatic N) is 5. The Hall–Kier alpha value is -3.41. The highest BCUT2D eigenvalue weighted by Gasteiger charge is 2.15. The summed E-state index contributed by atoms with van der Waals surface area (Å²) in [6.45, 7) is 0.668. The topological polar surface area (TPSA) is 151 Å². The third-order valence-corrected chi connectivity index (χ3v) is 5.47. The Balaban J connectivity index is 1.42. The number of H-pyrrole nitrogens is 1. The number of aromatic nitrogens is 6. The second kappa shape index (κ2) is 9.61. The van der Waals surface area contributed by atoms with Crippen LogP contribution < -0.4 is 16.2 Å². The van der Waals surface area contributed by atoms with Gasteiger partial charge in [-0.2, -0.15) is 5.10 Å². The maximum Gasteiger partial charge on any atom is 0.278 e. The van der Waals surface area contributed by atoms with E-state index >= 15 is 0 Å². The van der Waals surface area contributed by atoms with E-state index in [9.17, 15) is 14.7 Å². The number of halogens is 3. The van der Waals surface area contributed by atoms with Crippen molar-refractivity contribution >= 4 is 57.7 Å². The van der Waals surface area contributed by atoms with Crippen LogP contribution in [-0.4, -0.2) is 47.5 Å². The minimum absolute atomic E-state index is 0.0304. The predicted octanol–water partition coefficient (Wildman–Crippen LogP) is 2.62. The van der Waals surface area contributed by atoms with E-state index in [4.69, 9.17) is 34.8 Å². The Morgan fingerprint density at radius 1 is 1.15 bits per heavy atom. The van der Waals surface area contributed by atoms with Crippen molar-refractivity contribution < 1.29 is 9.90 Å². The molecule has 0 radical (unpaired) electrons. The molecule has 3 heterocycles. The van der Waals surface area contributed by atoms with Gasteiger partial charge in [-0.3, -0.25) is 19.3 Å². The molecule has 0 aliphatic rings. The number of hydrogen-bond donors (Lipinski definition) is 4. The van der Waals surface area contributed by atoms with Gasteiger partial charge < -0.3 is 15.7 Å². The Bertz CT molecular complexity index is 1410. The van der Waals surface area contributed by atoms with E-state index in [2.05, 4.69) is 35.9 Å². The Morgan fingerprint density at radius 2 is 1.97 bits per heavy atom. The standard InChI is InChI=1S/C19H15Cl3N8O3/c20-11-2-1-9(5-12(11)21)7-24-19-26-13-8-25-30(15(13)18(33)27-19)4-3-23-16(31)10-6-14(22)28-29-17(10)32/h1-2,5-6,8H,3-4,7H2,(H,23,31)(H,29,32)(H2,24,26,27,33). The second-order valence-electron chi connectivity index (χ2n) is 6.78. The fourth-order valence-electron chi connectivity index (χ4n) is 2.99. The van der Waals surface area contributed by atoms with Crippen LogP contribution in [0.25, 0.3) is 11.0 Å². The number of anilines is 1. The normalized spacial score (nSPS) is 11.0. The number of rotatable bonds is 7. The van der Waals surface area contributed by atoms with Gasteiger partial charge in [0.15, 0.2) is 10.7 Å². The van der Waals surface area contributed by atoms with Crippen LogP contribution in [0.4, 0.5) is 5.95 Å². The molecule has 0 aliphatic heterocycles. The third-order valence-electron chi connectivity index (χ3n) is 4.54. The van der Waals surface area contributed by atoms with E-state index in [0.29, 0.717) is 22.1 Å². The second-order valence-corrected chi connectivity index (χ2v) is 7.98. The lowest BCUT2D eigenvalue weighted by atomic mass is 10.2. The fourth-order valence-corrected chi connectivity index (χ4v) is 3.46. The molecule has 3 aromatic heterocycles. The smallest absolute Gasteiger partial charge is 0.278 e. The van der Waals surface area contributed by atoms with Crippen LogP contribution in [0.1, 0.15) is 15.9 Å². The highest BCUT2D eigenvalue weighted by atomic mass is 35.5. The van der Waals surface area contributed by atoms with E-state index in [1.807, 2.05) is 0 Å². The molecule has 4 aromatic rings. The zero-order valence-corrected chi connectivity index (χ0v) is 18.9. The van der Waals surface area contributed by atoms with Gasteiger partial charge in [0, 0.05) is 13.1 Å². The van der Waals surface area contributed by atoms with Crippen LogP contribution in [-0.2, 0) is 13.1 Å². The van der Waals surface area contributed by atoms with Gasteiger partial charge in [-0.25, -0.2) is 4.98 Å². The Kier molecular flexibility index (Phi) is 6.63. The Morgan fingerprint density at radius 3 is 2.76 bits per heavy atom. The summed E-state index contributed by atoms with van der Waals surface area (Å²) in [7, 11) is 0. The van der Waals surface area contributed by atoms with Crippen LogP contribution in [0.3, 0.4) is 0 Å². The van der Waals surface area contributed by atoms with Gasteiger partial charge in [-0.15, -0.1) is 10.2 Å². The molecule has 0 bridgehead atoms. The molecule has 11 nitrogen and oxygen atoms in total. The summed E-state index contributed by atoms with van der Waals surface area (Å²) in [6, 6.07) is 6.41. The summed E-state index contributed by atoms with van der Waals surface area (Å²) in [4.78, 5) is 31.9. The maximum atomic E-state index is 12.6. The molecule has 0 aliphatic carbocycles. The summed E-state index contributed by atoms with van der Waals surface area (Å²) in [5.74, 6) is -0.867. The number of carbonyl (C=O) groups is 1. The van der Waals surface area contributed by atoms with Crippen LogP contribution in [0, 0.1) is 0 Å². The van der Waals surface area contributed by atoms with Gasteiger partial charge >= 0.3 is 0 Å². The van der Waals surface area contributed by atoms with E-state index in [1.165, 1.54) is 16.9 Å². The first-order valence-electron chi connectivity index (χ1n) is 9.46. The summed E-state index contributed by atoms with van der Waals surface area (Å²) < 4.78 is 1.42. The van der Waals surface area contributed by atoms with Gasteiger partial charge in [0.1, 0.15) is 11.1 Å². The highest BCUT2D eigenvalue weighted by Crippen LogP contribution is 2.23. The van der Waals surface area contributed by atoms with E-state index in [0.717, 1.165) is 5.56 Å². The van der Waals surface area contributed by atoms with Crippen molar-refractivity contribution in [2.45, 2.75) is 13.1 Å². The molecule has 0 spiro atoms. The van der Waals surface area contributed by atoms with E-state index in [1.54, 1.807) is 18.2 Å². The maximum absolute atomic E-state index is 12.6. The summed E-state index contributed by atoms with van der Waals surface area (Å²) >= 11 is 17.6. The van der Waals surface area contributed by atoms with Gasteiger partial charge in [-0.05, 0) is 23.8 Å². The zero-order chi connectivity index (χ0) is 23.5. The highest BCUT2D eigenvalue weighted by molar-refractivity contribution is 6.42. The number of aromatic hydroxyl groups is 1. The van der Waals surface area contributed by atoms with Crippen molar-refractivity contribution in [2.75, 3.05) is 11.9 Å². The van der Waals surface area contributed by atoms with Crippen molar-refractivity contribution in [1.82, 2.24) is 35.3 Å². The van der Waals surface area contributed by atoms with Crippen LogP contribution in [0.15, 0.2) is 35.3 Å². The van der Waals surface area contributed by atoms with E-state index < -0.39 is 17.3 Å². The average molecular weight is 510 g/mol. The van der Waals surface area contributed by atoms with Crippen molar-refractivity contribution in [3.63, 3.8) is 0 Å². The first-order valence-corrected chi connectivity index (χ1v) is 10.6. The number of hydrogen-bond acceptors (Lipinski definition) is 8. The van der Waals surface area contributed by atoms with Crippen LogP contribution in [0.5, 0.6) is 5.88 Å². The monoisotopic (exact) mass is 508 g/mol. The first-order chi connectivity index (χ1) is 15.8. The minimum Gasteiger partial charge on any atom is -0.492 e. The molecule has 0 saturated heterocycles. The Labute approximate surface area is 200 Å². The molecule has 0 fully saturated rings. The average Bonchev–Trinajstić information content (AvgIpc) is 3.19. The SMILES string of the molecule is O=C(NCCn1ncc2nc(NCc3ccc(Cl)c(Cl)c3)[nH]c(=O)c21)c1cc(Cl)nnc1O. The number of nitrogens with one attached hydrogen (secondary N) is 3. The van der Waals surface area contributed by atoms with Crippen molar-refractivity contribution in [3.8, 4) is 5.88 Å². The zero-order valence-electron chi connectivity index (χ0n) is 16.6. The number of aromatic amines is 1. The first kappa shape index (κ1) is 22.8. The predicted molar refractivity (Wildman–Crippen MR) is 123 cm³/mol. The van der Waals surface area contributed by atoms with Crippen LogP contribution in [0.2, 0.25) is 15.2 Å². The molecular formula is C19H15Cl3N8O3. The van der Waals surface area contributed by atoms with Crippen molar-refractivity contribution in [3.05, 3.63) is 67.1 Å². The summed E-state index contributed by atoms with van der Waals surface area (Å²) in [6.07, 6.45) is 1.45. The fraction of sp³-hybridized carbons (Fsp3) is 0.158. The van der Waals surface area contributed by atoms with Gasteiger partial charge in [0.25, 0.3) is 11.5 Å². The van der Waals surface area contributed by atoms with Crippen molar-refractivity contribution in [1.29, 1.82) is 0 Å². The number of carbonyl (C=O) groups excluding carboxylic acids is 1. The third kappa shape index (κ3) is 5.16. The van der Waals surface area contributed by atoms with E-state index in [-0.39, 0.29) is 35.3 Å². The number of benzene rings is 1. The van der Waals surface area contributed by atoms with Gasteiger partial charge in [0.2, 0.25) is 11.8 Å². The summed E-state index contributed by atoms with van der Waals surface area (Å²) in [5, 5.41) is 27.1. The molecule has 4 N–H and O–H groups in total. The molecule has 4 rings (SSSR count). The molecule has 0 unspecified atom stereocenters. The quantitative estimate of drug-likeness (QED) is 0.297. The number of amides is 1. The van der Waals surface area contributed by atoms with Crippen LogP contribution >= 0.6 is 34.8 Å². The molecule has 1 aromatic carbocycles. The molecule has 33 heavy (non-hydrogen) atoms. The molecule has 1 amide bonds. The lowest BCUT2D eigenvalue weighted by Crippen LogP contribution is -2.28. The lowest BCUT2D eigenvalue weighted by Gasteiger charge is -2.08. The molecule has 170 valence electrons. The summed E-state index contributed by atoms with van der Waals surface area (Å²) in [5.41, 5.74) is 0.973. The van der Waals surface area contributed by atoms with Gasteiger partial charge in [-0.1, -0.05) is 40.9 Å². The lowest BCUT2D eigenvalue weighted by molar-refractivity contribution is 0.0948. The molecule has 0 atom stereocenters.